The molecule has 0 aromatic heterocycles. The van der Waals surface area contributed by atoms with E-state index >= 15 is 0 Å². The van der Waals surface area contributed by atoms with Gasteiger partial charge in [0.1, 0.15) is 5.60 Å². The normalized spacial score (nSPS) is 17.9. The Morgan fingerprint density at radius 1 is 1.32 bits per heavy atom. The zero-order chi connectivity index (χ0) is 16.7. The Kier molecular flexibility index (Phi) is 4.18. The van der Waals surface area contributed by atoms with Crippen LogP contribution in [-0.4, -0.2) is 29.3 Å². The zero-order valence-electron chi connectivity index (χ0n) is 13.8. The van der Waals surface area contributed by atoms with Crippen LogP contribution >= 0.6 is 0 Å². The molecule has 0 saturated heterocycles. The maximum absolute atomic E-state index is 12.5. The van der Waals surface area contributed by atoms with E-state index in [9.17, 15) is 14.7 Å². The van der Waals surface area contributed by atoms with Gasteiger partial charge in [0.05, 0.1) is 11.3 Å². The van der Waals surface area contributed by atoms with E-state index in [1.807, 2.05) is 13.0 Å². The molecule has 0 radical (unpaired) electrons. The van der Waals surface area contributed by atoms with Crippen LogP contribution in [0.1, 0.15) is 61.5 Å². The van der Waals surface area contributed by atoms with Crippen LogP contribution in [0.5, 0.6) is 0 Å². The number of aryl methyl sites for hydroxylation is 1. The molecule has 0 saturated carbocycles. The first-order chi connectivity index (χ1) is 10.1. The summed E-state index contributed by atoms with van der Waals surface area (Å²) < 4.78 is 5.43. The molecule has 1 aromatic carbocycles. The molecule has 1 atom stereocenters. The Morgan fingerprint density at radius 2 is 1.95 bits per heavy atom. The lowest BCUT2D eigenvalue weighted by molar-refractivity contribution is 0.0576. The third kappa shape index (κ3) is 3.24. The third-order valence-electron chi connectivity index (χ3n) is 3.71. The van der Waals surface area contributed by atoms with Crippen LogP contribution < -0.4 is 4.90 Å². The predicted octanol–water partition coefficient (Wildman–Crippen LogP) is 3.94. The maximum Gasteiger partial charge on any atom is 0.414 e. The molecule has 5 nitrogen and oxygen atoms in total. The molecule has 0 spiro atoms. The van der Waals surface area contributed by atoms with Crippen molar-refractivity contribution in [2.45, 2.75) is 52.6 Å². The number of ether oxygens (including phenoxy) is 1. The molecule has 1 heterocycles. The number of fused-ring (bicyclic) bond motifs is 1. The molecule has 1 amide bonds. The average Bonchev–Trinajstić information content (AvgIpc) is 2.36. The SMILES string of the molecule is Cc1cc(C(=O)O)c2c(c1)C(C)CCN2C(=O)OC(C)(C)C. The third-order valence-corrected chi connectivity index (χ3v) is 3.71. The van der Waals surface area contributed by atoms with Crippen molar-refractivity contribution in [1.29, 1.82) is 0 Å². The van der Waals surface area contributed by atoms with Crippen molar-refractivity contribution in [2.24, 2.45) is 0 Å². The number of hydrogen-bond acceptors (Lipinski definition) is 3. The van der Waals surface area contributed by atoms with Crippen molar-refractivity contribution in [3.05, 3.63) is 28.8 Å². The van der Waals surface area contributed by atoms with Gasteiger partial charge >= 0.3 is 12.1 Å². The van der Waals surface area contributed by atoms with E-state index in [0.29, 0.717) is 12.2 Å². The van der Waals surface area contributed by atoms with Crippen molar-refractivity contribution in [1.82, 2.24) is 0 Å². The molecule has 1 aliphatic heterocycles. The van der Waals surface area contributed by atoms with Gasteiger partial charge in [-0.1, -0.05) is 13.0 Å². The molecule has 1 aliphatic rings. The van der Waals surface area contributed by atoms with Crippen LogP contribution in [-0.2, 0) is 4.74 Å². The van der Waals surface area contributed by atoms with Crippen molar-refractivity contribution >= 4 is 17.7 Å². The van der Waals surface area contributed by atoms with Crippen LogP contribution in [0, 0.1) is 6.92 Å². The summed E-state index contributed by atoms with van der Waals surface area (Å²) in [6.45, 7) is 9.78. The lowest BCUT2D eigenvalue weighted by atomic mass is 9.88. The van der Waals surface area contributed by atoms with Gasteiger partial charge in [0, 0.05) is 6.54 Å². The number of anilines is 1. The summed E-state index contributed by atoms with van der Waals surface area (Å²) in [7, 11) is 0. The lowest BCUT2D eigenvalue weighted by Gasteiger charge is -2.35. The summed E-state index contributed by atoms with van der Waals surface area (Å²) in [4.78, 5) is 25.5. The van der Waals surface area contributed by atoms with Gasteiger partial charge in [0.25, 0.3) is 0 Å². The molecule has 0 fully saturated rings. The van der Waals surface area contributed by atoms with Gasteiger partial charge in [-0.15, -0.1) is 0 Å². The number of rotatable bonds is 1. The predicted molar refractivity (Wildman–Crippen MR) is 84.8 cm³/mol. The first-order valence-corrected chi connectivity index (χ1v) is 7.48. The van der Waals surface area contributed by atoms with Crippen LogP contribution in [0.3, 0.4) is 0 Å². The van der Waals surface area contributed by atoms with Gasteiger partial charge in [-0.05, 0) is 57.2 Å². The Labute approximate surface area is 130 Å². The molecule has 1 N–H and O–H groups in total. The summed E-state index contributed by atoms with van der Waals surface area (Å²) in [5.74, 6) is -0.811. The molecule has 1 unspecified atom stereocenters. The highest BCUT2D eigenvalue weighted by Crippen LogP contribution is 2.39. The standard InChI is InChI=1S/C17H23NO4/c1-10-8-12-11(2)6-7-18(16(21)22-17(3,4)5)14(12)13(9-10)15(19)20/h8-9,11H,6-7H2,1-5H3,(H,19,20). The van der Waals surface area contributed by atoms with E-state index in [1.165, 1.54) is 4.90 Å². The number of carboxylic acid groups (broad SMARTS) is 1. The van der Waals surface area contributed by atoms with E-state index in [4.69, 9.17) is 4.74 Å². The molecule has 0 aliphatic carbocycles. The monoisotopic (exact) mass is 305 g/mol. The van der Waals surface area contributed by atoms with Crippen LogP contribution in [0.15, 0.2) is 12.1 Å². The number of nitrogens with zero attached hydrogens (tertiary/aromatic N) is 1. The second-order valence-corrected chi connectivity index (χ2v) is 6.88. The number of amides is 1. The van der Waals surface area contributed by atoms with Crippen molar-refractivity contribution in [3.8, 4) is 0 Å². The average molecular weight is 305 g/mol. The maximum atomic E-state index is 12.5. The highest BCUT2D eigenvalue weighted by Gasteiger charge is 2.33. The molecule has 22 heavy (non-hydrogen) atoms. The van der Waals surface area contributed by atoms with Gasteiger partial charge in [-0.25, -0.2) is 9.59 Å². The van der Waals surface area contributed by atoms with E-state index < -0.39 is 17.7 Å². The molecule has 2 rings (SSSR count). The first-order valence-electron chi connectivity index (χ1n) is 7.48. The number of carbonyl (C=O) groups excluding carboxylic acids is 1. The molecular weight excluding hydrogens is 282 g/mol. The number of carboxylic acids is 1. The summed E-state index contributed by atoms with van der Waals surface area (Å²) >= 11 is 0. The van der Waals surface area contributed by atoms with Crippen LogP contribution in [0.2, 0.25) is 0 Å². The quantitative estimate of drug-likeness (QED) is 0.853. The summed E-state index contributed by atoms with van der Waals surface area (Å²) in [5.41, 5.74) is 1.80. The van der Waals surface area contributed by atoms with Crippen molar-refractivity contribution in [2.75, 3.05) is 11.4 Å². The Balaban J connectivity index is 2.53. The Hall–Kier alpha value is -2.04. The Morgan fingerprint density at radius 3 is 2.50 bits per heavy atom. The summed E-state index contributed by atoms with van der Waals surface area (Å²) in [6, 6.07) is 3.57. The first kappa shape index (κ1) is 16.3. The highest BCUT2D eigenvalue weighted by atomic mass is 16.6. The van der Waals surface area contributed by atoms with E-state index in [0.717, 1.165) is 17.5 Å². The van der Waals surface area contributed by atoms with Gasteiger partial charge in [-0.2, -0.15) is 0 Å². The Bertz CT molecular complexity index is 616. The van der Waals surface area contributed by atoms with Crippen molar-refractivity contribution in [3.63, 3.8) is 0 Å². The van der Waals surface area contributed by atoms with Crippen molar-refractivity contribution < 1.29 is 19.4 Å². The fraction of sp³-hybridized carbons (Fsp3) is 0.529. The smallest absolute Gasteiger partial charge is 0.414 e. The van der Waals surface area contributed by atoms with E-state index in [1.54, 1.807) is 26.8 Å². The second-order valence-electron chi connectivity index (χ2n) is 6.88. The fourth-order valence-electron chi connectivity index (χ4n) is 2.74. The number of carbonyl (C=O) groups is 2. The van der Waals surface area contributed by atoms with Gasteiger partial charge in [-0.3, -0.25) is 4.90 Å². The molecular formula is C17H23NO4. The van der Waals surface area contributed by atoms with Gasteiger partial charge in [0.15, 0.2) is 0 Å². The largest absolute Gasteiger partial charge is 0.478 e. The molecule has 5 heteroatoms. The second kappa shape index (κ2) is 5.63. The number of benzene rings is 1. The molecule has 0 bridgehead atoms. The highest BCUT2D eigenvalue weighted by molar-refractivity contribution is 6.01. The zero-order valence-corrected chi connectivity index (χ0v) is 13.8. The number of hydrogen-bond donors (Lipinski definition) is 1. The molecule has 120 valence electrons. The van der Waals surface area contributed by atoms with Gasteiger partial charge < -0.3 is 9.84 Å². The summed E-state index contributed by atoms with van der Waals surface area (Å²) in [6.07, 6.45) is 0.293. The lowest BCUT2D eigenvalue weighted by Crippen LogP contribution is -2.41. The molecule has 1 aromatic rings. The van der Waals surface area contributed by atoms with Crippen LogP contribution in [0.25, 0.3) is 0 Å². The van der Waals surface area contributed by atoms with Crippen LogP contribution in [0.4, 0.5) is 10.5 Å². The van der Waals surface area contributed by atoms with E-state index in [-0.39, 0.29) is 11.5 Å². The minimum atomic E-state index is -1.03. The topological polar surface area (TPSA) is 66.8 Å². The number of aromatic carboxylic acids is 1. The fourth-order valence-corrected chi connectivity index (χ4v) is 2.74. The minimum absolute atomic E-state index is 0.160. The summed E-state index contributed by atoms with van der Waals surface area (Å²) in [5, 5.41) is 9.50. The minimum Gasteiger partial charge on any atom is -0.478 e. The van der Waals surface area contributed by atoms with E-state index in [2.05, 4.69) is 6.92 Å². The van der Waals surface area contributed by atoms with Gasteiger partial charge in [0.2, 0.25) is 0 Å².